The van der Waals surface area contributed by atoms with Crippen molar-refractivity contribution in [2.75, 3.05) is 0 Å². The summed E-state index contributed by atoms with van der Waals surface area (Å²) < 4.78 is 1.64. The second kappa shape index (κ2) is 8.16. The van der Waals surface area contributed by atoms with Gasteiger partial charge in [-0.25, -0.2) is 0 Å². The monoisotopic (exact) mass is 313 g/mol. The van der Waals surface area contributed by atoms with E-state index in [0.29, 0.717) is 0 Å². The molecule has 0 aromatic carbocycles. The van der Waals surface area contributed by atoms with Crippen LogP contribution in [0.2, 0.25) is 19.6 Å². The Morgan fingerprint density at radius 3 is 2.19 bits per heavy atom. The van der Waals surface area contributed by atoms with E-state index in [4.69, 9.17) is 0 Å². The van der Waals surface area contributed by atoms with Gasteiger partial charge < -0.3 is 0 Å². The van der Waals surface area contributed by atoms with E-state index in [9.17, 15) is 0 Å². The van der Waals surface area contributed by atoms with E-state index >= 15 is 0 Å². The third-order valence-corrected chi connectivity index (χ3v) is 5.89. The molecule has 1 aliphatic carbocycles. The molecule has 0 amide bonds. The number of unbranched alkanes of at least 4 members (excludes halogenated alkanes) is 1. The van der Waals surface area contributed by atoms with Crippen molar-refractivity contribution in [3.8, 4) is 0 Å². The van der Waals surface area contributed by atoms with Crippen LogP contribution in [0.25, 0.3) is 0 Å². The van der Waals surface area contributed by atoms with Crippen molar-refractivity contribution in [1.82, 2.24) is 0 Å². The van der Waals surface area contributed by atoms with Crippen molar-refractivity contribution in [2.45, 2.75) is 52.2 Å². The van der Waals surface area contributed by atoms with Gasteiger partial charge in [0.2, 0.25) is 0 Å². The van der Waals surface area contributed by atoms with E-state index < -0.39 is 8.07 Å². The molecule has 16 heavy (non-hydrogen) atoms. The molecule has 1 rings (SSSR count). The van der Waals surface area contributed by atoms with Crippen molar-refractivity contribution in [3.05, 3.63) is 20.7 Å². The van der Waals surface area contributed by atoms with Crippen LogP contribution < -0.4 is 0 Å². The molecule has 1 aliphatic rings. The minimum Gasteiger partial charge on any atom is -0.147 e. The molecule has 0 aromatic heterocycles. The Morgan fingerprint density at radius 2 is 1.81 bits per heavy atom. The van der Waals surface area contributed by atoms with Gasteiger partial charge in [-0.1, -0.05) is 0 Å². The molecule has 0 nitrogen and oxygen atoms in total. The molecule has 0 heterocycles. The SMILES string of the molecule is CCCCC1=[C]([Ti])CC([Si](C)(C)C)=C1.Cl.Cl. The maximum atomic E-state index is 2.51. The predicted molar refractivity (Wildman–Crippen MR) is 77.1 cm³/mol. The van der Waals surface area contributed by atoms with Crippen molar-refractivity contribution in [1.29, 1.82) is 0 Å². The van der Waals surface area contributed by atoms with Crippen molar-refractivity contribution < 1.29 is 20.4 Å². The van der Waals surface area contributed by atoms with Gasteiger partial charge in [0.1, 0.15) is 0 Å². The smallest absolute Gasteiger partial charge is 0.147 e. The maximum Gasteiger partial charge on any atom is -0.147 e. The second-order valence-electron chi connectivity index (χ2n) is 5.20. The van der Waals surface area contributed by atoms with Gasteiger partial charge in [-0.15, -0.1) is 24.8 Å². The van der Waals surface area contributed by atoms with Crippen LogP contribution >= 0.6 is 24.8 Å². The topological polar surface area (TPSA) is 0 Å². The van der Waals surface area contributed by atoms with Gasteiger partial charge >= 0.3 is 101 Å². The molecule has 0 spiro atoms. The molecule has 0 bridgehead atoms. The molecular formula is C12H23Cl2SiTi. The number of hydrogen-bond acceptors (Lipinski definition) is 0. The Labute approximate surface area is 126 Å². The van der Waals surface area contributed by atoms with E-state index in [-0.39, 0.29) is 24.8 Å². The quantitative estimate of drug-likeness (QED) is 0.639. The van der Waals surface area contributed by atoms with Crippen molar-refractivity contribution in [2.24, 2.45) is 0 Å². The normalized spacial score (nSPS) is 15.3. The summed E-state index contributed by atoms with van der Waals surface area (Å²) >= 11 is 2.31. The molecule has 0 aromatic rings. The van der Waals surface area contributed by atoms with Crippen molar-refractivity contribution >= 4 is 32.9 Å². The molecule has 0 atom stereocenters. The second-order valence-corrected chi connectivity index (χ2v) is 11.3. The first kappa shape index (κ1) is 19.3. The number of allylic oxidation sites excluding steroid dienone is 4. The van der Waals surface area contributed by atoms with Gasteiger partial charge in [-0.2, -0.15) is 0 Å². The zero-order valence-corrected chi connectivity index (χ0v) is 14.9. The number of rotatable bonds is 4. The van der Waals surface area contributed by atoms with Crippen molar-refractivity contribution in [3.63, 3.8) is 0 Å². The Morgan fingerprint density at radius 1 is 1.25 bits per heavy atom. The largest absolute Gasteiger partial charge is 0.147 e. The molecule has 0 saturated carbocycles. The van der Waals surface area contributed by atoms with Gasteiger partial charge in [-0.05, 0) is 0 Å². The van der Waals surface area contributed by atoms with E-state index in [2.05, 4.69) is 53.1 Å². The fraction of sp³-hybridized carbons (Fsp3) is 0.667. The summed E-state index contributed by atoms with van der Waals surface area (Å²) in [5.41, 5.74) is 1.64. The minimum absolute atomic E-state index is 0. The predicted octanol–water partition coefficient (Wildman–Crippen LogP) is 5.03. The third-order valence-electron chi connectivity index (χ3n) is 2.87. The summed E-state index contributed by atoms with van der Waals surface area (Å²) in [6.45, 7) is 9.63. The average molecular weight is 314 g/mol. The molecule has 0 unspecified atom stereocenters. The van der Waals surface area contributed by atoms with Gasteiger partial charge in [0.05, 0.1) is 0 Å². The first-order valence-corrected chi connectivity index (χ1v) is 9.88. The van der Waals surface area contributed by atoms with Crippen LogP contribution in [-0.2, 0) is 20.4 Å². The van der Waals surface area contributed by atoms with Gasteiger partial charge in [0.25, 0.3) is 0 Å². The van der Waals surface area contributed by atoms with Crippen LogP contribution in [0.1, 0.15) is 32.6 Å². The fourth-order valence-electron chi connectivity index (χ4n) is 1.72. The van der Waals surface area contributed by atoms with E-state index in [1.165, 1.54) is 25.7 Å². The maximum absolute atomic E-state index is 2.51. The van der Waals surface area contributed by atoms with E-state index in [1.54, 1.807) is 14.6 Å². The van der Waals surface area contributed by atoms with E-state index in [0.717, 1.165) is 0 Å². The van der Waals surface area contributed by atoms with Gasteiger partial charge in [0.15, 0.2) is 0 Å². The van der Waals surface area contributed by atoms with Gasteiger partial charge in [0, 0.05) is 0 Å². The Hall–Kier alpha value is 0.991. The molecular weight excluding hydrogens is 291 g/mol. The first-order valence-electron chi connectivity index (χ1n) is 5.60. The summed E-state index contributed by atoms with van der Waals surface area (Å²) in [4.78, 5) is 0. The Kier molecular flexibility index (Phi) is 9.86. The Bertz CT molecular complexity index is 277. The average Bonchev–Trinajstić information content (AvgIpc) is 2.43. The summed E-state index contributed by atoms with van der Waals surface area (Å²) in [7, 11) is -1.03. The van der Waals surface area contributed by atoms with Crippen LogP contribution in [0.4, 0.5) is 0 Å². The minimum atomic E-state index is -1.03. The van der Waals surface area contributed by atoms with Crippen LogP contribution in [0, 0.1) is 0 Å². The molecule has 93 valence electrons. The summed E-state index contributed by atoms with van der Waals surface area (Å²) in [6.07, 6.45) is 7.75. The standard InChI is InChI=1S/C12H21Si.2ClH.Ti/c1-5-6-7-11-8-9-12(10-11)13(2,3)4;;;/h10H,5-7,9H2,1-4H3;2*1H;. The zero-order chi connectivity index (χ0) is 10.8. The van der Waals surface area contributed by atoms with Crippen LogP contribution in [-0.4, -0.2) is 8.07 Å². The fourth-order valence-corrected chi connectivity index (χ4v) is 3.92. The van der Waals surface area contributed by atoms with E-state index in [1.807, 2.05) is 0 Å². The zero-order valence-electron chi connectivity index (χ0n) is 10.7. The third kappa shape index (κ3) is 5.55. The molecule has 0 radical (unpaired) electrons. The summed E-state index contributed by atoms with van der Waals surface area (Å²) in [5, 5.41) is 1.75. The first-order chi connectivity index (χ1) is 6.45. The summed E-state index contributed by atoms with van der Waals surface area (Å²) in [6, 6.07) is 0. The van der Waals surface area contributed by atoms with Crippen LogP contribution in [0.3, 0.4) is 0 Å². The molecule has 0 N–H and O–H groups in total. The number of hydrogen-bond donors (Lipinski definition) is 0. The molecule has 0 saturated heterocycles. The van der Waals surface area contributed by atoms with Gasteiger partial charge in [-0.3, -0.25) is 0 Å². The summed E-state index contributed by atoms with van der Waals surface area (Å²) in [5.74, 6) is 0. The molecule has 0 fully saturated rings. The molecule has 4 heteroatoms. The van der Waals surface area contributed by atoms with Crippen LogP contribution in [0.5, 0.6) is 0 Å². The Balaban J connectivity index is 0. The number of halogens is 2. The molecule has 0 aliphatic heterocycles. The van der Waals surface area contributed by atoms with Crippen LogP contribution in [0.15, 0.2) is 20.7 Å².